The maximum absolute atomic E-state index is 14.2. The molecule has 0 aliphatic carbocycles. The molecule has 0 unspecified atom stereocenters. The number of aromatic nitrogens is 5. The Kier molecular flexibility index (Phi) is 6.51. The van der Waals surface area contributed by atoms with E-state index >= 15 is 0 Å². The lowest BCUT2D eigenvalue weighted by atomic mass is 10.0. The third-order valence-electron chi connectivity index (χ3n) is 6.06. The number of hydrogen-bond donors (Lipinski definition) is 2. The number of fused-ring (bicyclic) bond motifs is 1. The molecule has 0 saturated heterocycles. The highest BCUT2D eigenvalue weighted by Gasteiger charge is 2.22. The van der Waals surface area contributed by atoms with Crippen molar-refractivity contribution in [2.45, 2.75) is 17.9 Å². The fraction of sp³-hybridized carbons (Fsp3) is 0.111. The molecule has 2 aromatic carbocycles. The predicted octanol–water partition coefficient (Wildman–Crippen LogP) is 3.27. The van der Waals surface area contributed by atoms with Gasteiger partial charge < -0.3 is 11.1 Å². The van der Waals surface area contributed by atoms with Gasteiger partial charge in [0.05, 0.1) is 33.7 Å². The number of anilines is 2. The highest BCUT2D eigenvalue weighted by atomic mass is 32.2. The molecule has 3 N–H and O–H groups in total. The molecule has 12 heteroatoms. The average molecular weight is 539 g/mol. The quantitative estimate of drug-likeness (QED) is 0.327. The van der Waals surface area contributed by atoms with Crippen LogP contribution in [0.15, 0.2) is 82.9 Å². The van der Waals surface area contributed by atoms with Crippen LogP contribution in [0.4, 0.5) is 11.8 Å². The second-order valence-electron chi connectivity index (χ2n) is 8.80. The fourth-order valence-electron chi connectivity index (χ4n) is 4.23. The van der Waals surface area contributed by atoms with Crippen molar-refractivity contribution in [3.63, 3.8) is 0 Å². The Balaban J connectivity index is 1.76. The van der Waals surface area contributed by atoms with Crippen LogP contribution in [-0.2, 0) is 9.84 Å². The summed E-state index contributed by atoms with van der Waals surface area (Å²) in [6.07, 6.45) is 5.20. The minimum atomic E-state index is -3.52. The number of nitrogens with two attached hydrogens (primary N) is 1. The van der Waals surface area contributed by atoms with Gasteiger partial charge in [0, 0.05) is 24.2 Å². The van der Waals surface area contributed by atoms with Crippen molar-refractivity contribution in [1.82, 2.24) is 24.5 Å². The zero-order valence-corrected chi connectivity index (χ0v) is 21.7. The van der Waals surface area contributed by atoms with E-state index < -0.39 is 15.9 Å². The maximum Gasteiger partial charge on any atom is 0.266 e. The van der Waals surface area contributed by atoms with E-state index in [4.69, 9.17) is 10.7 Å². The van der Waals surface area contributed by atoms with Crippen LogP contribution < -0.4 is 16.6 Å². The summed E-state index contributed by atoms with van der Waals surface area (Å²) < 4.78 is 25.8. The van der Waals surface area contributed by atoms with Crippen molar-refractivity contribution < 1.29 is 8.42 Å². The number of para-hydroxylation sites is 1. The van der Waals surface area contributed by atoms with Gasteiger partial charge in [0.1, 0.15) is 23.3 Å². The molecule has 3 heterocycles. The maximum atomic E-state index is 14.2. The minimum Gasteiger partial charge on any atom is -0.368 e. The molecule has 0 radical (unpaired) electrons. The first kappa shape index (κ1) is 25.5. The first-order valence-corrected chi connectivity index (χ1v) is 13.6. The van der Waals surface area contributed by atoms with E-state index in [9.17, 15) is 18.5 Å². The first-order valence-electron chi connectivity index (χ1n) is 11.7. The Morgan fingerprint density at radius 2 is 1.82 bits per heavy atom. The molecule has 0 aliphatic rings. The summed E-state index contributed by atoms with van der Waals surface area (Å²) in [5.41, 5.74) is 7.50. The highest BCUT2D eigenvalue weighted by Crippen LogP contribution is 2.29. The van der Waals surface area contributed by atoms with Gasteiger partial charge in [-0.25, -0.2) is 18.4 Å². The van der Waals surface area contributed by atoms with Crippen molar-refractivity contribution in [3.8, 4) is 22.9 Å². The van der Waals surface area contributed by atoms with Crippen LogP contribution in [0.1, 0.15) is 24.4 Å². The molecular weight excluding hydrogens is 516 g/mol. The van der Waals surface area contributed by atoms with Crippen molar-refractivity contribution in [2.75, 3.05) is 17.3 Å². The molecular formula is C27H22N8O3S. The molecule has 1 atom stereocenters. The molecule has 0 fully saturated rings. The number of hydrogen-bond acceptors (Lipinski definition) is 10. The van der Waals surface area contributed by atoms with Crippen LogP contribution >= 0.6 is 0 Å². The summed E-state index contributed by atoms with van der Waals surface area (Å²) in [6, 6.07) is 17.1. The molecule has 0 spiro atoms. The lowest BCUT2D eigenvalue weighted by Crippen LogP contribution is -2.28. The average Bonchev–Trinajstić information content (AvgIpc) is 2.93. The number of pyridine rings is 1. The molecule has 0 amide bonds. The topological polar surface area (TPSA) is 170 Å². The summed E-state index contributed by atoms with van der Waals surface area (Å²) in [5.74, 6) is 0.564. The zero-order chi connectivity index (χ0) is 27.7. The van der Waals surface area contributed by atoms with Gasteiger partial charge in [-0.1, -0.05) is 30.3 Å². The number of nitrogens with one attached hydrogen (secondary N) is 1. The molecule has 5 rings (SSSR count). The van der Waals surface area contributed by atoms with E-state index in [0.29, 0.717) is 33.5 Å². The van der Waals surface area contributed by atoms with E-state index in [1.807, 2.05) is 12.1 Å². The zero-order valence-electron chi connectivity index (χ0n) is 20.9. The second kappa shape index (κ2) is 9.96. The smallest absolute Gasteiger partial charge is 0.266 e. The van der Waals surface area contributed by atoms with Crippen LogP contribution in [-0.4, -0.2) is 39.2 Å². The number of sulfone groups is 1. The van der Waals surface area contributed by atoms with E-state index in [-0.39, 0.29) is 27.8 Å². The molecule has 5 aromatic rings. The lowest BCUT2D eigenvalue weighted by Gasteiger charge is -2.21. The summed E-state index contributed by atoms with van der Waals surface area (Å²) in [4.78, 5) is 31.2. The lowest BCUT2D eigenvalue weighted by molar-refractivity contribution is 0.601. The fourth-order valence-corrected chi connectivity index (χ4v) is 4.82. The van der Waals surface area contributed by atoms with Crippen LogP contribution in [0.5, 0.6) is 0 Å². The van der Waals surface area contributed by atoms with Crippen LogP contribution in [0.2, 0.25) is 0 Å². The molecule has 39 heavy (non-hydrogen) atoms. The number of nitrogens with zero attached hydrogens (tertiary/aromatic N) is 6. The predicted molar refractivity (Wildman–Crippen MR) is 147 cm³/mol. The normalized spacial score (nSPS) is 12.1. The largest absolute Gasteiger partial charge is 0.368 e. The molecule has 0 aliphatic heterocycles. The minimum absolute atomic E-state index is 0.00908. The van der Waals surface area contributed by atoms with Crippen molar-refractivity contribution in [3.05, 3.63) is 94.9 Å². The highest BCUT2D eigenvalue weighted by molar-refractivity contribution is 7.90. The Labute approximate surface area is 223 Å². The molecule has 11 nitrogen and oxygen atoms in total. The van der Waals surface area contributed by atoms with Gasteiger partial charge in [-0.3, -0.25) is 14.3 Å². The Morgan fingerprint density at radius 3 is 2.54 bits per heavy atom. The monoisotopic (exact) mass is 538 g/mol. The van der Waals surface area contributed by atoms with E-state index in [1.54, 1.807) is 49.4 Å². The van der Waals surface area contributed by atoms with Gasteiger partial charge in [0.2, 0.25) is 5.95 Å². The van der Waals surface area contributed by atoms with Crippen LogP contribution in [0.25, 0.3) is 27.7 Å². The first-order chi connectivity index (χ1) is 18.7. The molecule has 0 saturated carbocycles. The standard InChI is InChI=1S/C27H22N8O3S/c1-16(32-24-18(12-28)14-31-27(29)34-24)25-33-22-10-6-9-21(17-11-20(15-30-13-17)39(2,37)38)23(22)26(36)35(25)19-7-4-3-5-8-19/h3-11,13-16H,1-2H3,(H3,29,31,32,34)/t16-/m1/s1. The molecule has 3 aromatic heterocycles. The molecule has 194 valence electrons. The van der Waals surface area contributed by atoms with Crippen molar-refractivity contribution in [2.24, 2.45) is 0 Å². The number of benzene rings is 2. The van der Waals surface area contributed by atoms with Gasteiger partial charge in [0.25, 0.3) is 5.56 Å². The summed E-state index contributed by atoms with van der Waals surface area (Å²) >= 11 is 0. The van der Waals surface area contributed by atoms with E-state index in [2.05, 4.69) is 20.3 Å². The van der Waals surface area contributed by atoms with E-state index in [1.165, 1.54) is 29.2 Å². The summed E-state index contributed by atoms with van der Waals surface area (Å²) in [5, 5.41) is 12.9. The number of nitrogen functional groups attached to an aromatic ring is 1. The van der Waals surface area contributed by atoms with Gasteiger partial charge >= 0.3 is 0 Å². The summed E-state index contributed by atoms with van der Waals surface area (Å²) in [7, 11) is -3.52. The van der Waals surface area contributed by atoms with Gasteiger partial charge in [-0.05, 0) is 36.8 Å². The van der Waals surface area contributed by atoms with Gasteiger partial charge in [0.15, 0.2) is 9.84 Å². The van der Waals surface area contributed by atoms with Gasteiger partial charge in [-0.15, -0.1) is 0 Å². The van der Waals surface area contributed by atoms with Gasteiger partial charge in [-0.2, -0.15) is 10.2 Å². The van der Waals surface area contributed by atoms with Crippen LogP contribution in [0, 0.1) is 11.3 Å². The third-order valence-corrected chi connectivity index (χ3v) is 7.14. The Bertz CT molecular complexity index is 1930. The summed E-state index contributed by atoms with van der Waals surface area (Å²) in [6.45, 7) is 1.79. The number of nitriles is 1. The Morgan fingerprint density at radius 1 is 1.05 bits per heavy atom. The SMILES string of the molecule is C[C@@H](Nc1nc(N)ncc1C#N)c1nc2cccc(-c3cncc(S(C)(=O)=O)c3)c2c(=O)n1-c1ccccc1. The van der Waals surface area contributed by atoms with Crippen LogP contribution in [0.3, 0.4) is 0 Å². The van der Waals surface area contributed by atoms with Crippen molar-refractivity contribution >= 4 is 32.5 Å². The third kappa shape index (κ3) is 4.90. The molecule has 0 bridgehead atoms. The Hall–Kier alpha value is -5.15. The van der Waals surface area contributed by atoms with E-state index in [0.717, 1.165) is 6.26 Å². The second-order valence-corrected chi connectivity index (χ2v) is 10.8. The number of rotatable bonds is 6. The van der Waals surface area contributed by atoms with Crippen molar-refractivity contribution in [1.29, 1.82) is 5.26 Å².